The lowest BCUT2D eigenvalue weighted by Crippen LogP contribution is -2.55. The Hall–Kier alpha value is -2.21. The van der Waals surface area contributed by atoms with Crippen molar-refractivity contribution >= 4 is 16.7 Å². The molecule has 1 aromatic heterocycles. The van der Waals surface area contributed by atoms with E-state index in [0.717, 1.165) is 25.7 Å². The minimum atomic E-state index is -0.181. The maximum absolute atomic E-state index is 13.2. The van der Waals surface area contributed by atoms with E-state index in [1.165, 1.54) is 4.68 Å². The monoisotopic (exact) mass is 327 g/mol. The van der Waals surface area contributed by atoms with Crippen molar-refractivity contribution in [2.45, 2.75) is 37.8 Å². The largest absolute Gasteiger partial charge is 0.374 e. The van der Waals surface area contributed by atoms with Gasteiger partial charge in [0.25, 0.3) is 11.5 Å². The molecule has 0 unspecified atom stereocenters. The molecule has 4 rings (SSSR count). The topological polar surface area (TPSA) is 64.4 Å². The average Bonchev–Trinajstić information content (AvgIpc) is 2.63. The van der Waals surface area contributed by atoms with E-state index in [0.29, 0.717) is 29.6 Å². The first kappa shape index (κ1) is 15.3. The molecule has 0 bridgehead atoms. The van der Waals surface area contributed by atoms with Gasteiger partial charge in [-0.15, -0.1) is 0 Å². The van der Waals surface area contributed by atoms with Crippen LogP contribution in [0.15, 0.2) is 29.1 Å². The first-order valence-corrected chi connectivity index (χ1v) is 8.55. The summed E-state index contributed by atoms with van der Waals surface area (Å²) in [6, 6.07) is 7.32. The van der Waals surface area contributed by atoms with Gasteiger partial charge in [-0.3, -0.25) is 9.59 Å². The Kier molecular flexibility index (Phi) is 3.84. The van der Waals surface area contributed by atoms with Crippen molar-refractivity contribution < 1.29 is 9.53 Å². The summed E-state index contributed by atoms with van der Waals surface area (Å²) < 4.78 is 7.12. The van der Waals surface area contributed by atoms with Gasteiger partial charge in [0.1, 0.15) is 0 Å². The van der Waals surface area contributed by atoms with Gasteiger partial charge in [0.15, 0.2) is 5.69 Å². The van der Waals surface area contributed by atoms with Gasteiger partial charge in [0.2, 0.25) is 0 Å². The summed E-state index contributed by atoms with van der Waals surface area (Å²) in [7, 11) is 1.59. The second-order valence-corrected chi connectivity index (χ2v) is 6.58. The molecule has 2 aliphatic rings. The zero-order valence-corrected chi connectivity index (χ0v) is 13.8. The van der Waals surface area contributed by atoms with E-state index in [9.17, 15) is 9.59 Å². The molecule has 0 N–H and O–H groups in total. The molecule has 6 nitrogen and oxygen atoms in total. The normalized spacial score (nSPS) is 24.0. The van der Waals surface area contributed by atoms with Crippen LogP contribution in [0.5, 0.6) is 0 Å². The summed E-state index contributed by atoms with van der Waals surface area (Å²) in [6.45, 7) is 1.15. The fourth-order valence-electron chi connectivity index (χ4n) is 3.94. The molecular weight excluding hydrogens is 306 g/mol. The van der Waals surface area contributed by atoms with E-state index in [1.807, 2.05) is 17.0 Å². The summed E-state index contributed by atoms with van der Waals surface area (Å²) in [5, 5.41) is 5.45. The number of carbonyl (C=O) groups is 1. The molecule has 1 amide bonds. The maximum Gasteiger partial charge on any atom is 0.275 e. The highest BCUT2D eigenvalue weighted by atomic mass is 16.5. The molecule has 2 aromatic rings. The molecule has 2 heterocycles. The number of aromatic nitrogens is 2. The van der Waals surface area contributed by atoms with Crippen molar-refractivity contribution in [1.82, 2.24) is 14.7 Å². The first-order valence-electron chi connectivity index (χ1n) is 8.55. The lowest BCUT2D eigenvalue weighted by molar-refractivity contribution is -0.0754. The molecule has 0 radical (unpaired) electrons. The zero-order chi connectivity index (χ0) is 16.7. The van der Waals surface area contributed by atoms with E-state index in [4.69, 9.17) is 4.74 Å². The fraction of sp³-hybridized carbons (Fsp3) is 0.500. The number of rotatable bonds is 1. The van der Waals surface area contributed by atoms with Gasteiger partial charge in [0, 0.05) is 19.0 Å². The minimum absolute atomic E-state index is 0.0954. The molecule has 0 spiro atoms. The highest BCUT2D eigenvalue weighted by molar-refractivity contribution is 6.04. The molecular formula is C18H21N3O3. The molecule has 2 fully saturated rings. The van der Waals surface area contributed by atoms with Gasteiger partial charge >= 0.3 is 0 Å². The second-order valence-electron chi connectivity index (χ2n) is 6.58. The highest BCUT2D eigenvalue weighted by Crippen LogP contribution is 2.30. The van der Waals surface area contributed by atoms with Gasteiger partial charge in [-0.05, 0) is 18.9 Å². The number of hydrogen-bond donors (Lipinski definition) is 0. The minimum Gasteiger partial charge on any atom is -0.374 e. The van der Waals surface area contributed by atoms with Crippen molar-refractivity contribution in [2.24, 2.45) is 7.05 Å². The predicted octanol–water partition coefficient (Wildman–Crippen LogP) is 1.72. The van der Waals surface area contributed by atoms with Gasteiger partial charge in [-0.1, -0.05) is 31.0 Å². The Morgan fingerprint density at radius 2 is 1.96 bits per heavy atom. The van der Waals surface area contributed by atoms with Crippen molar-refractivity contribution in [3.05, 3.63) is 40.3 Å². The molecule has 1 aromatic carbocycles. The molecule has 2 atom stereocenters. The Bertz CT molecular complexity index is 843. The Morgan fingerprint density at radius 3 is 2.79 bits per heavy atom. The van der Waals surface area contributed by atoms with Crippen LogP contribution in [0.4, 0.5) is 0 Å². The molecule has 1 aliphatic carbocycles. The van der Waals surface area contributed by atoms with Crippen LogP contribution in [0.1, 0.15) is 36.2 Å². The van der Waals surface area contributed by atoms with Crippen molar-refractivity contribution in [1.29, 1.82) is 0 Å². The molecule has 24 heavy (non-hydrogen) atoms. The van der Waals surface area contributed by atoms with Gasteiger partial charge in [-0.2, -0.15) is 5.10 Å². The number of amides is 1. The Balaban J connectivity index is 1.78. The number of hydrogen-bond acceptors (Lipinski definition) is 4. The number of benzene rings is 1. The summed E-state index contributed by atoms with van der Waals surface area (Å²) in [5.74, 6) is -0.0954. The summed E-state index contributed by atoms with van der Waals surface area (Å²) >= 11 is 0. The summed E-state index contributed by atoms with van der Waals surface area (Å²) in [6.07, 6.45) is 4.39. The number of carbonyl (C=O) groups excluding carboxylic acids is 1. The smallest absolute Gasteiger partial charge is 0.275 e. The number of aryl methyl sites for hydroxylation is 1. The summed E-state index contributed by atoms with van der Waals surface area (Å²) in [4.78, 5) is 27.4. The van der Waals surface area contributed by atoms with Crippen LogP contribution in [0.3, 0.4) is 0 Å². The van der Waals surface area contributed by atoms with E-state index >= 15 is 0 Å². The van der Waals surface area contributed by atoms with Gasteiger partial charge in [-0.25, -0.2) is 4.68 Å². The maximum atomic E-state index is 13.2. The van der Waals surface area contributed by atoms with Crippen molar-refractivity contribution in [3.8, 4) is 0 Å². The molecule has 6 heteroatoms. The average molecular weight is 327 g/mol. The SMILES string of the molecule is Cn1nc(C(=O)N2CCO[C@H]3CCCC[C@@H]32)c2ccccc2c1=O. The number of fused-ring (bicyclic) bond motifs is 2. The van der Waals surface area contributed by atoms with Crippen LogP contribution in [0.25, 0.3) is 10.8 Å². The van der Waals surface area contributed by atoms with E-state index in [2.05, 4.69) is 5.10 Å². The highest BCUT2D eigenvalue weighted by Gasteiger charge is 2.38. The Morgan fingerprint density at radius 1 is 1.21 bits per heavy atom. The zero-order valence-electron chi connectivity index (χ0n) is 13.8. The lowest BCUT2D eigenvalue weighted by atomic mass is 9.90. The van der Waals surface area contributed by atoms with E-state index in [-0.39, 0.29) is 23.6 Å². The third kappa shape index (κ3) is 2.41. The lowest BCUT2D eigenvalue weighted by Gasteiger charge is -2.43. The van der Waals surface area contributed by atoms with E-state index in [1.54, 1.807) is 19.2 Å². The second kappa shape index (κ2) is 6.02. The van der Waals surface area contributed by atoms with Crippen LogP contribution in [0.2, 0.25) is 0 Å². The van der Waals surface area contributed by atoms with Crippen LogP contribution in [-0.2, 0) is 11.8 Å². The third-order valence-electron chi connectivity index (χ3n) is 5.15. The quantitative estimate of drug-likeness (QED) is 0.800. The number of nitrogens with zero attached hydrogens (tertiary/aromatic N) is 3. The van der Waals surface area contributed by atoms with Crippen LogP contribution >= 0.6 is 0 Å². The van der Waals surface area contributed by atoms with E-state index < -0.39 is 0 Å². The third-order valence-corrected chi connectivity index (χ3v) is 5.15. The van der Waals surface area contributed by atoms with Crippen LogP contribution in [-0.4, -0.2) is 45.9 Å². The molecule has 1 aliphatic heterocycles. The van der Waals surface area contributed by atoms with Crippen LogP contribution in [0, 0.1) is 0 Å². The fourth-order valence-corrected chi connectivity index (χ4v) is 3.94. The van der Waals surface area contributed by atoms with Gasteiger partial charge in [0.05, 0.1) is 24.1 Å². The van der Waals surface area contributed by atoms with Crippen molar-refractivity contribution in [3.63, 3.8) is 0 Å². The predicted molar refractivity (Wildman–Crippen MR) is 90.0 cm³/mol. The first-order chi connectivity index (χ1) is 11.7. The van der Waals surface area contributed by atoms with Crippen LogP contribution < -0.4 is 5.56 Å². The standard InChI is InChI=1S/C18H21N3O3/c1-20-17(22)13-7-3-2-6-12(13)16(19-20)18(23)21-10-11-24-15-9-5-4-8-14(15)21/h2-3,6-7,14-15H,4-5,8-11H2,1H3/t14-,15-/m0/s1. The van der Waals surface area contributed by atoms with Crippen molar-refractivity contribution in [2.75, 3.05) is 13.2 Å². The summed E-state index contributed by atoms with van der Waals surface area (Å²) in [5.41, 5.74) is 0.179. The number of ether oxygens (including phenoxy) is 1. The molecule has 126 valence electrons. The van der Waals surface area contributed by atoms with Gasteiger partial charge < -0.3 is 9.64 Å². The molecule has 1 saturated carbocycles. The Labute approximate surface area is 140 Å². The number of morpholine rings is 1. The molecule has 1 saturated heterocycles.